The molecule has 0 radical (unpaired) electrons. The number of rotatable bonds is 7. The average Bonchev–Trinajstić information content (AvgIpc) is 3.53. The molecule has 7 nitrogen and oxygen atoms in total. The average molecular weight is 422 g/mol. The summed E-state index contributed by atoms with van der Waals surface area (Å²) in [4.78, 5) is 4.12. The van der Waals surface area contributed by atoms with Crippen molar-refractivity contribution < 1.29 is 4.74 Å². The van der Waals surface area contributed by atoms with Gasteiger partial charge in [-0.2, -0.15) is 10.2 Å². The van der Waals surface area contributed by atoms with Crippen LogP contribution in [0.25, 0.3) is 28.1 Å². The van der Waals surface area contributed by atoms with Gasteiger partial charge in [-0.3, -0.25) is 0 Å². The smallest absolute Gasteiger partial charge is 0.218 e. The third-order valence-electron chi connectivity index (χ3n) is 5.21. The van der Waals surface area contributed by atoms with Gasteiger partial charge in [0.2, 0.25) is 5.95 Å². The Hall–Kier alpha value is -4.39. The normalized spacial score (nSPS) is 10.8. The summed E-state index contributed by atoms with van der Waals surface area (Å²) in [5.41, 5.74) is 6.19. The Balaban J connectivity index is 1.59. The summed E-state index contributed by atoms with van der Waals surface area (Å²) in [6.07, 6.45) is 1.47. The predicted molar refractivity (Wildman–Crippen MR) is 125 cm³/mol. The van der Waals surface area contributed by atoms with Crippen LogP contribution < -0.4 is 10.1 Å². The zero-order chi connectivity index (χ0) is 21.8. The van der Waals surface area contributed by atoms with Crippen LogP contribution in [0.1, 0.15) is 5.69 Å². The topological polar surface area (TPSA) is 80.7 Å². The zero-order valence-corrected chi connectivity index (χ0v) is 17.6. The number of anilines is 1. The van der Waals surface area contributed by atoms with E-state index in [1.807, 2.05) is 47.1 Å². The molecule has 0 saturated carbocycles. The molecule has 158 valence electrons. The monoisotopic (exact) mass is 422 g/mol. The fourth-order valence-electron chi connectivity index (χ4n) is 3.65. The number of nitrogens with zero attached hydrogens (tertiary/aromatic N) is 4. The molecule has 0 fully saturated rings. The van der Waals surface area contributed by atoms with Gasteiger partial charge in [-0.1, -0.05) is 60.7 Å². The molecular weight excluding hydrogens is 400 g/mol. The first-order valence-corrected chi connectivity index (χ1v) is 10.3. The Morgan fingerprint density at radius 3 is 2.44 bits per heavy atom. The van der Waals surface area contributed by atoms with Gasteiger partial charge in [-0.25, -0.2) is 14.8 Å². The van der Waals surface area contributed by atoms with E-state index in [9.17, 15) is 0 Å². The van der Waals surface area contributed by atoms with Crippen molar-refractivity contribution in [2.75, 3.05) is 12.4 Å². The number of hydrogen-bond donors (Lipinski definition) is 2. The van der Waals surface area contributed by atoms with E-state index < -0.39 is 0 Å². The van der Waals surface area contributed by atoms with Crippen molar-refractivity contribution in [3.8, 4) is 33.8 Å². The van der Waals surface area contributed by atoms with Gasteiger partial charge in [0, 0.05) is 11.1 Å². The summed E-state index contributed by atoms with van der Waals surface area (Å²) in [5, 5.41) is 14.9. The number of benzene rings is 3. The van der Waals surface area contributed by atoms with Gasteiger partial charge in [0.15, 0.2) is 0 Å². The van der Waals surface area contributed by atoms with Crippen molar-refractivity contribution in [1.29, 1.82) is 0 Å². The molecule has 0 aliphatic rings. The molecule has 0 aliphatic carbocycles. The van der Waals surface area contributed by atoms with Crippen LogP contribution in [-0.2, 0) is 6.54 Å². The van der Waals surface area contributed by atoms with Crippen molar-refractivity contribution in [3.05, 3.63) is 97.0 Å². The second-order valence-electron chi connectivity index (χ2n) is 7.23. The fraction of sp³-hybridized carbons (Fsp3) is 0.0800. The Labute approximate surface area is 185 Å². The van der Waals surface area contributed by atoms with Crippen molar-refractivity contribution in [2.45, 2.75) is 6.54 Å². The summed E-state index contributed by atoms with van der Waals surface area (Å²) < 4.78 is 7.33. The van der Waals surface area contributed by atoms with E-state index in [4.69, 9.17) is 9.84 Å². The molecule has 5 rings (SSSR count). The second kappa shape index (κ2) is 8.77. The molecule has 32 heavy (non-hydrogen) atoms. The minimum atomic E-state index is 0.521. The first-order valence-electron chi connectivity index (χ1n) is 10.3. The number of aromatic nitrogens is 5. The maximum absolute atomic E-state index is 5.32. The number of para-hydroxylation sites is 1. The van der Waals surface area contributed by atoms with Gasteiger partial charge >= 0.3 is 0 Å². The predicted octanol–water partition coefficient (Wildman–Crippen LogP) is 4.95. The van der Waals surface area contributed by atoms with Crippen molar-refractivity contribution >= 4 is 5.95 Å². The third-order valence-corrected chi connectivity index (χ3v) is 5.21. The van der Waals surface area contributed by atoms with E-state index in [1.165, 1.54) is 6.33 Å². The van der Waals surface area contributed by atoms with Gasteiger partial charge in [-0.05, 0) is 29.8 Å². The first-order chi connectivity index (χ1) is 15.8. The van der Waals surface area contributed by atoms with Crippen LogP contribution in [0, 0.1) is 0 Å². The summed E-state index contributed by atoms with van der Waals surface area (Å²) in [6, 6.07) is 28.7. The second-order valence-corrected chi connectivity index (χ2v) is 7.23. The lowest BCUT2D eigenvalue weighted by Crippen LogP contribution is -2.04. The maximum atomic E-state index is 5.32. The Bertz CT molecular complexity index is 1290. The fourth-order valence-corrected chi connectivity index (χ4v) is 3.65. The lowest BCUT2D eigenvalue weighted by atomic mass is 10.0. The molecule has 0 atom stereocenters. The van der Waals surface area contributed by atoms with Crippen molar-refractivity contribution in [2.24, 2.45) is 0 Å². The summed E-state index contributed by atoms with van der Waals surface area (Å²) in [5.74, 6) is 1.44. The van der Waals surface area contributed by atoms with E-state index >= 15 is 0 Å². The number of methoxy groups -OCH3 is 1. The molecule has 0 unspecified atom stereocenters. The number of nitrogens with one attached hydrogen (secondary N) is 2. The van der Waals surface area contributed by atoms with E-state index in [1.54, 1.807) is 7.11 Å². The highest BCUT2D eigenvalue weighted by Crippen LogP contribution is 2.32. The van der Waals surface area contributed by atoms with Gasteiger partial charge < -0.3 is 10.1 Å². The molecule has 0 bridgehead atoms. The molecule has 3 aromatic carbocycles. The maximum Gasteiger partial charge on any atom is 0.218 e. The van der Waals surface area contributed by atoms with Gasteiger partial charge in [0.05, 0.1) is 30.7 Å². The van der Waals surface area contributed by atoms with Gasteiger partial charge in [0.1, 0.15) is 12.1 Å². The minimum Gasteiger partial charge on any atom is -0.497 e. The highest BCUT2D eigenvalue weighted by molar-refractivity contribution is 5.75. The molecule has 2 heterocycles. The molecule has 2 aromatic heterocycles. The molecule has 0 aliphatic heterocycles. The standard InChI is InChI=1S/C25H22N6O/c1-32-21-13-11-18(12-14-21)22-9-5-6-10-23(22)31-24(19-7-3-2-4-8-19)15-20(30-31)16-26-25-27-17-28-29-25/h2-15,17H,16H2,1H3,(H2,26,27,28,29). The highest BCUT2D eigenvalue weighted by Gasteiger charge is 2.15. The van der Waals surface area contributed by atoms with Gasteiger partial charge in [0.25, 0.3) is 0 Å². The highest BCUT2D eigenvalue weighted by atomic mass is 16.5. The third kappa shape index (κ3) is 3.96. The van der Waals surface area contributed by atoms with Crippen LogP contribution in [0.4, 0.5) is 5.95 Å². The number of aromatic amines is 1. The summed E-state index contributed by atoms with van der Waals surface area (Å²) in [6.45, 7) is 0.521. The summed E-state index contributed by atoms with van der Waals surface area (Å²) >= 11 is 0. The van der Waals surface area contributed by atoms with Crippen molar-refractivity contribution in [1.82, 2.24) is 25.0 Å². The molecule has 2 N–H and O–H groups in total. The van der Waals surface area contributed by atoms with E-state index in [0.29, 0.717) is 12.5 Å². The summed E-state index contributed by atoms with van der Waals surface area (Å²) in [7, 11) is 1.67. The lowest BCUT2D eigenvalue weighted by Gasteiger charge is -2.13. The van der Waals surface area contributed by atoms with Crippen LogP contribution in [0.3, 0.4) is 0 Å². The Morgan fingerprint density at radius 2 is 1.69 bits per heavy atom. The first kappa shape index (κ1) is 19.6. The lowest BCUT2D eigenvalue weighted by molar-refractivity contribution is 0.415. The van der Waals surface area contributed by atoms with Crippen LogP contribution in [0.15, 0.2) is 91.3 Å². The molecule has 0 saturated heterocycles. The van der Waals surface area contributed by atoms with Crippen LogP contribution in [0.2, 0.25) is 0 Å². The van der Waals surface area contributed by atoms with E-state index in [0.717, 1.165) is 39.5 Å². The Morgan fingerprint density at radius 1 is 0.906 bits per heavy atom. The molecule has 7 heteroatoms. The van der Waals surface area contributed by atoms with Crippen LogP contribution >= 0.6 is 0 Å². The molecule has 0 amide bonds. The molecular formula is C25H22N6O. The van der Waals surface area contributed by atoms with Crippen LogP contribution in [-0.4, -0.2) is 32.1 Å². The Kier molecular flexibility index (Phi) is 5.36. The zero-order valence-electron chi connectivity index (χ0n) is 17.6. The molecule has 5 aromatic rings. The van der Waals surface area contributed by atoms with E-state index in [2.05, 4.69) is 63.0 Å². The SMILES string of the molecule is COc1ccc(-c2ccccc2-n2nc(CNc3ncn[nH]3)cc2-c2ccccc2)cc1. The largest absolute Gasteiger partial charge is 0.497 e. The van der Waals surface area contributed by atoms with Crippen LogP contribution in [0.5, 0.6) is 5.75 Å². The number of hydrogen-bond acceptors (Lipinski definition) is 5. The quantitative estimate of drug-likeness (QED) is 0.388. The number of H-pyrrole nitrogens is 1. The minimum absolute atomic E-state index is 0.521. The van der Waals surface area contributed by atoms with Crippen molar-refractivity contribution in [3.63, 3.8) is 0 Å². The molecule has 0 spiro atoms. The van der Waals surface area contributed by atoms with E-state index in [-0.39, 0.29) is 0 Å². The van der Waals surface area contributed by atoms with Gasteiger partial charge in [-0.15, -0.1) is 0 Å². The number of ether oxygens (including phenoxy) is 1.